The number of rotatable bonds is 6. The molecule has 4 heteroatoms. The first kappa shape index (κ1) is 15.8. The Balaban J connectivity index is 2.53. The van der Waals surface area contributed by atoms with Gasteiger partial charge in [-0.15, -0.1) is 11.8 Å². The highest BCUT2D eigenvalue weighted by Crippen LogP contribution is 2.15. The summed E-state index contributed by atoms with van der Waals surface area (Å²) in [5.74, 6) is -0.0834. The minimum atomic E-state index is -0.137. The van der Waals surface area contributed by atoms with Crippen LogP contribution in [0.1, 0.15) is 19.4 Å². The maximum Gasteiger partial charge on any atom is 0.244 e. The molecule has 0 fully saturated rings. The number of amides is 1. The van der Waals surface area contributed by atoms with Gasteiger partial charge in [-0.3, -0.25) is 4.79 Å². The van der Waals surface area contributed by atoms with Crippen LogP contribution in [-0.4, -0.2) is 29.9 Å². The van der Waals surface area contributed by atoms with Gasteiger partial charge in [0.2, 0.25) is 5.91 Å². The molecule has 0 aliphatic carbocycles. The average Bonchev–Trinajstić information content (AvgIpc) is 2.44. The molecule has 1 rings (SSSR count). The summed E-state index contributed by atoms with van der Waals surface area (Å²) >= 11 is 1.69. The van der Waals surface area contributed by atoms with Crippen LogP contribution in [-0.2, 0) is 4.79 Å². The van der Waals surface area contributed by atoms with Gasteiger partial charge >= 0.3 is 0 Å². The molecule has 0 spiro atoms. The lowest BCUT2D eigenvalue weighted by molar-refractivity contribution is -0.117. The summed E-state index contributed by atoms with van der Waals surface area (Å²) in [6.45, 7) is 3.86. The molecule has 3 nitrogen and oxygen atoms in total. The lowest BCUT2D eigenvalue weighted by Crippen LogP contribution is -2.37. The van der Waals surface area contributed by atoms with Gasteiger partial charge < -0.3 is 10.4 Å². The number of carbonyl (C=O) groups excluding carboxylic acids is 1. The summed E-state index contributed by atoms with van der Waals surface area (Å²) in [4.78, 5) is 12.9. The summed E-state index contributed by atoms with van der Waals surface area (Å²) in [5.41, 5.74) is 0.996. The Morgan fingerprint density at radius 3 is 2.53 bits per heavy atom. The minimum absolute atomic E-state index is 0.0407. The van der Waals surface area contributed by atoms with Crippen LogP contribution in [0.5, 0.6) is 0 Å². The molecule has 1 aromatic rings. The second-order valence-electron chi connectivity index (χ2n) is 4.56. The fourth-order valence-corrected chi connectivity index (χ4v) is 1.87. The molecular formula is C15H21NO2S. The number of carbonyl (C=O) groups is 1. The molecule has 0 bridgehead atoms. The van der Waals surface area contributed by atoms with E-state index in [4.69, 9.17) is 5.11 Å². The van der Waals surface area contributed by atoms with Crippen LogP contribution in [0.2, 0.25) is 0 Å². The van der Waals surface area contributed by atoms with Gasteiger partial charge in [0.1, 0.15) is 0 Å². The number of aliphatic hydroxyl groups is 1. The third kappa shape index (κ3) is 5.49. The summed E-state index contributed by atoms with van der Waals surface area (Å²) in [6, 6.07) is 7.98. The molecule has 0 aromatic heterocycles. The molecule has 0 saturated carbocycles. The number of hydrogen-bond donors (Lipinski definition) is 2. The Bertz CT molecular complexity index is 428. The molecule has 0 aliphatic rings. The first-order valence-corrected chi connectivity index (χ1v) is 7.52. The van der Waals surface area contributed by atoms with Crippen molar-refractivity contribution in [1.29, 1.82) is 0 Å². The number of nitrogens with one attached hydrogen (secondary N) is 1. The number of hydrogen-bond acceptors (Lipinski definition) is 3. The highest BCUT2D eigenvalue weighted by atomic mass is 32.2. The maximum atomic E-state index is 11.7. The van der Waals surface area contributed by atoms with Crippen molar-refractivity contribution in [3.05, 3.63) is 35.9 Å². The van der Waals surface area contributed by atoms with Crippen molar-refractivity contribution in [2.24, 2.45) is 5.92 Å². The number of aliphatic hydroxyl groups excluding tert-OH is 1. The first-order valence-electron chi connectivity index (χ1n) is 6.30. The van der Waals surface area contributed by atoms with E-state index in [1.54, 1.807) is 17.8 Å². The third-order valence-electron chi connectivity index (χ3n) is 3.05. The average molecular weight is 279 g/mol. The van der Waals surface area contributed by atoms with Crippen molar-refractivity contribution in [3.63, 3.8) is 0 Å². The smallest absolute Gasteiger partial charge is 0.244 e. The third-order valence-corrected chi connectivity index (χ3v) is 3.80. The molecular weight excluding hydrogens is 258 g/mol. The lowest BCUT2D eigenvalue weighted by atomic mass is 10.1. The second-order valence-corrected chi connectivity index (χ2v) is 5.44. The predicted octanol–water partition coefficient (Wildman–Crippen LogP) is 2.55. The summed E-state index contributed by atoms with van der Waals surface area (Å²) in [5, 5.41) is 11.8. The molecule has 0 heterocycles. The van der Waals surface area contributed by atoms with E-state index in [1.165, 1.54) is 11.0 Å². The van der Waals surface area contributed by atoms with Gasteiger partial charge in [-0.05, 0) is 42.9 Å². The highest BCUT2D eigenvalue weighted by Gasteiger charge is 2.11. The van der Waals surface area contributed by atoms with E-state index < -0.39 is 0 Å². The van der Waals surface area contributed by atoms with E-state index >= 15 is 0 Å². The largest absolute Gasteiger partial charge is 0.396 e. The van der Waals surface area contributed by atoms with Crippen LogP contribution in [0.3, 0.4) is 0 Å². The van der Waals surface area contributed by atoms with Crippen LogP contribution in [0.15, 0.2) is 35.2 Å². The van der Waals surface area contributed by atoms with Gasteiger partial charge in [-0.25, -0.2) is 0 Å². The van der Waals surface area contributed by atoms with Crippen molar-refractivity contribution in [1.82, 2.24) is 5.32 Å². The molecule has 0 radical (unpaired) electrons. The zero-order valence-electron chi connectivity index (χ0n) is 11.6. The summed E-state index contributed by atoms with van der Waals surface area (Å²) in [6.07, 6.45) is 5.34. The van der Waals surface area contributed by atoms with Gasteiger partial charge in [0.25, 0.3) is 0 Å². The maximum absolute atomic E-state index is 11.7. The highest BCUT2D eigenvalue weighted by molar-refractivity contribution is 7.98. The topological polar surface area (TPSA) is 49.3 Å². The Hall–Kier alpha value is -1.26. The molecule has 2 atom stereocenters. The molecule has 2 N–H and O–H groups in total. The van der Waals surface area contributed by atoms with E-state index in [0.717, 1.165) is 5.56 Å². The van der Waals surface area contributed by atoms with Crippen LogP contribution < -0.4 is 5.32 Å². The second kappa shape index (κ2) is 8.02. The summed E-state index contributed by atoms with van der Waals surface area (Å²) < 4.78 is 0. The Kier molecular flexibility index (Phi) is 6.67. The Morgan fingerprint density at radius 2 is 2.00 bits per heavy atom. The van der Waals surface area contributed by atoms with E-state index in [-0.39, 0.29) is 24.5 Å². The van der Waals surface area contributed by atoms with E-state index in [9.17, 15) is 4.79 Å². The fourth-order valence-electron chi connectivity index (χ4n) is 1.46. The molecule has 19 heavy (non-hydrogen) atoms. The quantitative estimate of drug-likeness (QED) is 0.621. The lowest BCUT2D eigenvalue weighted by Gasteiger charge is -2.18. The van der Waals surface area contributed by atoms with Gasteiger partial charge in [-0.1, -0.05) is 19.1 Å². The van der Waals surface area contributed by atoms with Gasteiger partial charge in [-0.2, -0.15) is 0 Å². The van der Waals surface area contributed by atoms with Crippen LogP contribution in [0.4, 0.5) is 0 Å². The van der Waals surface area contributed by atoms with Crippen molar-refractivity contribution in [3.8, 4) is 0 Å². The Labute approximate surface area is 119 Å². The molecule has 1 aromatic carbocycles. The zero-order valence-corrected chi connectivity index (χ0v) is 12.4. The molecule has 2 unspecified atom stereocenters. The van der Waals surface area contributed by atoms with Crippen LogP contribution in [0, 0.1) is 5.92 Å². The normalized spacial score (nSPS) is 14.3. The van der Waals surface area contributed by atoms with Crippen molar-refractivity contribution < 1.29 is 9.90 Å². The van der Waals surface area contributed by atoms with Crippen molar-refractivity contribution in [2.45, 2.75) is 24.8 Å². The molecule has 0 aliphatic heterocycles. The molecule has 104 valence electrons. The van der Waals surface area contributed by atoms with E-state index in [2.05, 4.69) is 5.32 Å². The van der Waals surface area contributed by atoms with Gasteiger partial charge in [0, 0.05) is 23.6 Å². The fraction of sp³-hybridized carbons (Fsp3) is 0.400. The Morgan fingerprint density at radius 1 is 1.37 bits per heavy atom. The molecule has 0 saturated heterocycles. The zero-order chi connectivity index (χ0) is 14.3. The van der Waals surface area contributed by atoms with Gasteiger partial charge in [0.05, 0.1) is 0 Å². The van der Waals surface area contributed by atoms with Crippen LogP contribution in [0.25, 0.3) is 6.08 Å². The van der Waals surface area contributed by atoms with Crippen molar-refractivity contribution >= 4 is 23.7 Å². The van der Waals surface area contributed by atoms with Crippen molar-refractivity contribution in [2.75, 3.05) is 12.9 Å². The SMILES string of the molecule is CSc1ccc(/C=C/C(=O)NC(C)C(C)CO)cc1. The van der Waals surface area contributed by atoms with Gasteiger partial charge in [0.15, 0.2) is 0 Å². The first-order chi connectivity index (χ1) is 9.06. The minimum Gasteiger partial charge on any atom is -0.396 e. The van der Waals surface area contributed by atoms with Crippen LogP contribution >= 0.6 is 11.8 Å². The number of benzene rings is 1. The standard InChI is InChI=1S/C15H21NO2S/c1-11(10-17)12(2)16-15(18)9-6-13-4-7-14(19-3)8-5-13/h4-9,11-12,17H,10H2,1-3H3,(H,16,18)/b9-6+. The summed E-state index contributed by atoms with van der Waals surface area (Å²) in [7, 11) is 0. The number of thioether (sulfide) groups is 1. The molecule has 1 amide bonds. The van der Waals surface area contributed by atoms with E-state index in [1.807, 2.05) is 44.4 Å². The van der Waals surface area contributed by atoms with E-state index in [0.29, 0.717) is 0 Å². The monoisotopic (exact) mass is 279 g/mol. The predicted molar refractivity (Wildman–Crippen MR) is 81.1 cm³/mol.